The number of hydrogen-bond donors (Lipinski definition) is 0. The maximum Gasteiger partial charge on any atom is 0.303 e. The summed E-state index contributed by atoms with van der Waals surface area (Å²) in [7, 11) is 3.61. The molecule has 1 aliphatic heterocycles. The smallest absolute Gasteiger partial charge is 0.303 e. The van der Waals surface area contributed by atoms with E-state index >= 15 is 0 Å². The highest BCUT2D eigenvalue weighted by molar-refractivity contribution is 7.99. The molecule has 37 heavy (non-hydrogen) atoms. The molecule has 1 amide bonds. The van der Waals surface area contributed by atoms with E-state index in [9.17, 15) is 9.59 Å². The van der Waals surface area contributed by atoms with Crippen molar-refractivity contribution in [2.24, 2.45) is 0 Å². The van der Waals surface area contributed by atoms with Crippen molar-refractivity contribution in [3.05, 3.63) is 84.4 Å². The topological polar surface area (TPSA) is 68.3 Å². The standard InChI is InChI=1S/C29H32N2O5S/c1-21(32)36-27-28(22-13-15-23(34-3)16-14-22)37-26-12-8-7-11-25(26)31(29(27)33)18-17-30(2)19-20-35-24-9-5-4-6-10-24/h4-16,27-28H,17-20H2,1-3H3/t27-,28+/m0/s1. The third-order valence-electron chi connectivity index (χ3n) is 6.12. The number of likely N-dealkylation sites (N-methyl/N-ethyl adjacent to an activating group) is 1. The molecular formula is C29H32N2O5S. The third-order valence-corrected chi connectivity index (χ3v) is 7.49. The van der Waals surface area contributed by atoms with Crippen molar-refractivity contribution in [2.45, 2.75) is 23.2 Å². The molecule has 0 unspecified atom stereocenters. The van der Waals surface area contributed by atoms with Gasteiger partial charge in [-0.3, -0.25) is 9.59 Å². The van der Waals surface area contributed by atoms with Crippen molar-refractivity contribution in [1.29, 1.82) is 0 Å². The number of carbonyl (C=O) groups excluding carboxylic acids is 2. The van der Waals surface area contributed by atoms with Crippen LogP contribution in [0, 0.1) is 0 Å². The molecule has 0 fully saturated rings. The molecule has 1 heterocycles. The first-order chi connectivity index (χ1) is 18.0. The molecule has 0 N–H and O–H groups in total. The van der Waals surface area contributed by atoms with E-state index in [2.05, 4.69) is 4.90 Å². The van der Waals surface area contributed by atoms with Gasteiger partial charge in [-0.2, -0.15) is 0 Å². The number of fused-ring (bicyclic) bond motifs is 1. The number of esters is 1. The summed E-state index contributed by atoms with van der Waals surface area (Å²) < 4.78 is 16.8. The Morgan fingerprint density at radius 1 is 0.946 bits per heavy atom. The fourth-order valence-corrected chi connectivity index (χ4v) is 5.48. The number of rotatable bonds is 10. The summed E-state index contributed by atoms with van der Waals surface area (Å²) in [6.07, 6.45) is -0.963. The van der Waals surface area contributed by atoms with Gasteiger partial charge < -0.3 is 24.0 Å². The van der Waals surface area contributed by atoms with Crippen LogP contribution in [-0.4, -0.2) is 63.3 Å². The molecule has 0 aromatic heterocycles. The van der Waals surface area contributed by atoms with Crippen molar-refractivity contribution < 1.29 is 23.8 Å². The summed E-state index contributed by atoms with van der Waals surface area (Å²) in [6, 6.07) is 25.1. The van der Waals surface area contributed by atoms with Crippen LogP contribution in [0.15, 0.2) is 83.8 Å². The van der Waals surface area contributed by atoms with E-state index < -0.39 is 17.3 Å². The summed E-state index contributed by atoms with van der Waals surface area (Å²) in [5.41, 5.74) is 1.71. The van der Waals surface area contributed by atoms with Crippen molar-refractivity contribution in [2.75, 3.05) is 45.3 Å². The maximum absolute atomic E-state index is 13.9. The number of nitrogens with zero attached hydrogens (tertiary/aromatic N) is 2. The van der Waals surface area contributed by atoms with E-state index in [1.807, 2.05) is 85.9 Å². The average molecular weight is 521 g/mol. The van der Waals surface area contributed by atoms with Gasteiger partial charge >= 0.3 is 5.97 Å². The van der Waals surface area contributed by atoms with E-state index in [0.29, 0.717) is 26.2 Å². The van der Waals surface area contributed by atoms with Gasteiger partial charge in [-0.1, -0.05) is 42.5 Å². The van der Waals surface area contributed by atoms with Crippen LogP contribution >= 0.6 is 11.8 Å². The summed E-state index contributed by atoms with van der Waals surface area (Å²) >= 11 is 1.53. The van der Waals surface area contributed by atoms with Gasteiger partial charge in [0.1, 0.15) is 18.1 Å². The van der Waals surface area contributed by atoms with Crippen LogP contribution in [0.1, 0.15) is 17.7 Å². The first-order valence-electron chi connectivity index (χ1n) is 12.2. The monoisotopic (exact) mass is 520 g/mol. The zero-order chi connectivity index (χ0) is 26.2. The van der Waals surface area contributed by atoms with Gasteiger partial charge in [0, 0.05) is 31.5 Å². The number of thioether (sulfide) groups is 1. The second-order valence-corrected chi connectivity index (χ2v) is 9.95. The largest absolute Gasteiger partial charge is 0.497 e. The summed E-state index contributed by atoms with van der Waals surface area (Å²) in [5, 5.41) is -0.398. The van der Waals surface area contributed by atoms with E-state index in [-0.39, 0.29) is 5.91 Å². The Morgan fingerprint density at radius 2 is 1.65 bits per heavy atom. The van der Waals surface area contributed by atoms with Crippen molar-refractivity contribution >= 4 is 29.3 Å². The SMILES string of the molecule is COc1ccc([C@H]2Sc3ccccc3N(CCN(C)CCOc3ccccc3)C(=O)[C@H]2OC(C)=O)cc1. The molecule has 194 valence electrons. The van der Waals surface area contributed by atoms with Crippen molar-refractivity contribution in [3.8, 4) is 11.5 Å². The number of amides is 1. The molecule has 0 spiro atoms. The molecule has 1 aliphatic rings. The van der Waals surface area contributed by atoms with E-state index in [0.717, 1.165) is 27.6 Å². The van der Waals surface area contributed by atoms with Crippen LogP contribution in [0.4, 0.5) is 5.69 Å². The Labute approximate surface area is 222 Å². The van der Waals surface area contributed by atoms with Gasteiger partial charge in [0.25, 0.3) is 5.91 Å². The highest BCUT2D eigenvalue weighted by Crippen LogP contribution is 2.46. The predicted octanol–water partition coefficient (Wildman–Crippen LogP) is 4.82. The minimum atomic E-state index is -0.963. The number of ether oxygens (including phenoxy) is 3. The highest BCUT2D eigenvalue weighted by Gasteiger charge is 2.40. The second kappa shape index (κ2) is 12.7. The second-order valence-electron chi connectivity index (χ2n) is 8.76. The highest BCUT2D eigenvalue weighted by atomic mass is 32.2. The van der Waals surface area contributed by atoms with E-state index in [1.165, 1.54) is 18.7 Å². The van der Waals surface area contributed by atoms with Crippen LogP contribution in [0.5, 0.6) is 11.5 Å². The maximum atomic E-state index is 13.9. The first-order valence-corrected chi connectivity index (χ1v) is 13.1. The number of carbonyl (C=O) groups is 2. The Balaban J connectivity index is 1.52. The molecule has 0 radical (unpaired) electrons. The van der Waals surface area contributed by atoms with Gasteiger partial charge in [-0.15, -0.1) is 11.8 Å². The molecule has 0 bridgehead atoms. The van der Waals surface area contributed by atoms with Crippen LogP contribution in [0.3, 0.4) is 0 Å². The lowest BCUT2D eigenvalue weighted by atomic mass is 10.1. The molecule has 7 nitrogen and oxygen atoms in total. The lowest BCUT2D eigenvalue weighted by molar-refractivity contribution is -0.152. The van der Waals surface area contributed by atoms with E-state index in [4.69, 9.17) is 14.2 Å². The summed E-state index contributed by atoms with van der Waals surface area (Å²) in [6.45, 7) is 3.66. The quantitative estimate of drug-likeness (QED) is 0.355. The Bertz CT molecular complexity index is 1190. The van der Waals surface area contributed by atoms with Gasteiger partial charge in [0.05, 0.1) is 18.0 Å². The van der Waals surface area contributed by atoms with Crippen LogP contribution in [0.25, 0.3) is 0 Å². The van der Waals surface area contributed by atoms with E-state index in [1.54, 1.807) is 12.0 Å². The molecule has 8 heteroatoms. The number of methoxy groups -OCH3 is 1. The fraction of sp³-hybridized carbons (Fsp3) is 0.310. The van der Waals surface area contributed by atoms with Gasteiger partial charge in [0.15, 0.2) is 6.10 Å². The van der Waals surface area contributed by atoms with Crippen molar-refractivity contribution in [1.82, 2.24) is 4.90 Å². The molecule has 2 atom stereocenters. The van der Waals surface area contributed by atoms with Gasteiger partial charge in [-0.25, -0.2) is 0 Å². The predicted molar refractivity (Wildman–Crippen MR) is 145 cm³/mol. The number of para-hydroxylation sites is 2. The zero-order valence-corrected chi connectivity index (χ0v) is 22.1. The zero-order valence-electron chi connectivity index (χ0n) is 21.3. The molecule has 0 aliphatic carbocycles. The van der Waals surface area contributed by atoms with Crippen LogP contribution in [-0.2, 0) is 14.3 Å². The molecule has 3 aromatic rings. The molecule has 3 aromatic carbocycles. The molecule has 0 saturated heterocycles. The Kier molecular flexibility index (Phi) is 9.09. The van der Waals surface area contributed by atoms with Crippen molar-refractivity contribution in [3.63, 3.8) is 0 Å². The lowest BCUT2D eigenvalue weighted by Crippen LogP contribution is -2.45. The molecule has 0 saturated carbocycles. The Morgan fingerprint density at radius 3 is 2.35 bits per heavy atom. The van der Waals surface area contributed by atoms with Crippen LogP contribution < -0.4 is 14.4 Å². The number of benzene rings is 3. The summed E-state index contributed by atoms with van der Waals surface area (Å²) in [4.78, 5) is 30.8. The molecular weight excluding hydrogens is 488 g/mol. The first kappa shape index (κ1) is 26.6. The summed E-state index contributed by atoms with van der Waals surface area (Å²) in [5.74, 6) is 0.832. The van der Waals surface area contributed by atoms with Gasteiger partial charge in [-0.05, 0) is 49.0 Å². The minimum absolute atomic E-state index is 0.234. The average Bonchev–Trinajstić information content (AvgIpc) is 3.02. The normalized spacial score (nSPS) is 17.2. The van der Waals surface area contributed by atoms with Gasteiger partial charge in [0.2, 0.25) is 0 Å². The molecule has 4 rings (SSSR count). The fourth-order valence-electron chi connectivity index (χ4n) is 4.16. The lowest BCUT2D eigenvalue weighted by Gasteiger charge is -2.29. The number of anilines is 1. The number of hydrogen-bond acceptors (Lipinski definition) is 7. The minimum Gasteiger partial charge on any atom is -0.497 e. The Hall–Kier alpha value is -3.49. The van der Waals surface area contributed by atoms with Crippen LogP contribution in [0.2, 0.25) is 0 Å². The third kappa shape index (κ3) is 6.84.